The molecule has 0 radical (unpaired) electrons. The molecule has 7 nitrogen and oxygen atoms in total. The maximum absolute atomic E-state index is 6.35. The van der Waals surface area contributed by atoms with Gasteiger partial charge in [0.2, 0.25) is 0 Å². The lowest BCUT2D eigenvalue weighted by Gasteiger charge is -2.09. The third-order valence-electron chi connectivity index (χ3n) is 5.22. The minimum absolute atomic E-state index is 0.361. The van der Waals surface area contributed by atoms with Gasteiger partial charge >= 0.3 is 0 Å². The fraction of sp³-hybridized carbons (Fsp3) is 0. The van der Waals surface area contributed by atoms with E-state index >= 15 is 0 Å². The number of hydrogen-bond acceptors (Lipinski definition) is 5. The van der Waals surface area contributed by atoms with Gasteiger partial charge in [-0.1, -0.05) is 95.5 Å². The molecule has 0 unspecified atom stereocenters. The van der Waals surface area contributed by atoms with Crippen molar-refractivity contribution >= 4 is 83.8 Å². The summed E-state index contributed by atoms with van der Waals surface area (Å²) >= 11 is 25.5. The number of anilines is 1. The quantitative estimate of drug-likeness (QED) is 0.190. The first-order valence-electron chi connectivity index (χ1n) is 10.3. The van der Waals surface area contributed by atoms with Crippen molar-refractivity contribution in [3.05, 3.63) is 97.5 Å². The Morgan fingerprint density at radius 3 is 1.64 bits per heavy atom. The Labute approximate surface area is 237 Å². The highest BCUT2D eigenvalue weighted by Crippen LogP contribution is 2.35. The number of nitrogen functional groups attached to an aromatic ring is 1. The van der Waals surface area contributed by atoms with Crippen LogP contribution >= 0.6 is 66.7 Å². The van der Waals surface area contributed by atoms with Gasteiger partial charge in [-0.3, -0.25) is 0 Å². The molecule has 0 spiro atoms. The van der Waals surface area contributed by atoms with Crippen molar-refractivity contribution in [3.63, 3.8) is 0 Å². The van der Waals surface area contributed by atoms with Crippen LogP contribution in [0.5, 0.6) is 0 Å². The van der Waals surface area contributed by atoms with E-state index in [0.29, 0.717) is 43.7 Å². The molecular weight excluding hydrogens is 652 g/mol. The average molecular weight is 667 g/mol. The zero-order valence-electron chi connectivity index (χ0n) is 18.1. The molecule has 0 saturated carbocycles. The Balaban J connectivity index is 0.000000148. The van der Waals surface area contributed by atoms with Crippen molar-refractivity contribution < 1.29 is 0 Å². The first-order valence-corrected chi connectivity index (χ1v) is 13.1. The van der Waals surface area contributed by atoms with Gasteiger partial charge in [-0.25, -0.2) is 14.5 Å². The van der Waals surface area contributed by atoms with Crippen molar-refractivity contribution in [1.82, 2.24) is 29.2 Å². The number of aromatic nitrogens is 6. The number of nitrogens with zero attached hydrogens (tertiary/aromatic N) is 6. The number of rotatable bonds is 2. The second-order valence-electron chi connectivity index (χ2n) is 7.42. The van der Waals surface area contributed by atoms with E-state index in [9.17, 15) is 0 Å². The zero-order chi connectivity index (χ0) is 25.4. The lowest BCUT2D eigenvalue weighted by atomic mass is 10.1. The van der Waals surface area contributed by atoms with Crippen molar-refractivity contribution in [2.24, 2.45) is 0 Å². The summed E-state index contributed by atoms with van der Waals surface area (Å²) in [6, 6.07) is 19.3. The van der Waals surface area contributed by atoms with Crippen molar-refractivity contribution in [2.45, 2.75) is 0 Å². The molecule has 0 amide bonds. The van der Waals surface area contributed by atoms with Gasteiger partial charge in [0.1, 0.15) is 21.3 Å². The van der Waals surface area contributed by atoms with Gasteiger partial charge in [-0.15, -0.1) is 0 Å². The second-order valence-corrected chi connectivity index (χ2v) is 10.2. The molecule has 6 rings (SSSR count). The van der Waals surface area contributed by atoms with Crippen LogP contribution in [0.15, 0.2) is 82.0 Å². The van der Waals surface area contributed by atoms with Gasteiger partial charge in [0.15, 0.2) is 11.3 Å². The van der Waals surface area contributed by atoms with Crippen LogP contribution in [0.25, 0.3) is 33.5 Å². The Hall–Kier alpha value is -2.69. The molecule has 36 heavy (non-hydrogen) atoms. The SMILES string of the molecule is Clc1nc2c(Br)cnn2c(Cl)c1-c1ccccc1.Nc1c(-c2ccccc2)c(Cl)nc2c(Br)cnn12. The normalized spacial score (nSPS) is 11.0. The van der Waals surface area contributed by atoms with Gasteiger partial charge in [-0.2, -0.15) is 14.7 Å². The molecule has 0 fully saturated rings. The molecule has 0 aliphatic rings. The molecule has 0 aliphatic carbocycles. The maximum Gasteiger partial charge on any atom is 0.173 e. The first-order chi connectivity index (χ1) is 17.4. The Bertz CT molecular complexity index is 1580. The average Bonchev–Trinajstić information content (AvgIpc) is 3.43. The van der Waals surface area contributed by atoms with E-state index in [-0.39, 0.29) is 0 Å². The molecule has 6 aromatic rings. The molecule has 180 valence electrons. The summed E-state index contributed by atoms with van der Waals surface area (Å²) in [5, 5.41) is 9.51. The molecule has 0 saturated heterocycles. The predicted octanol–water partition coefficient (Wildman–Crippen LogP) is 7.86. The molecule has 2 N–H and O–H groups in total. The molecule has 4 aromatic heterocycles. The summed E-state index contributed by atoms with van der Waals surface area (Å²) in [7, 11) is 0. The van der Waals surface area contributed by atoms with Crippen LogP contribution in [-0.4, -0.2) is 29.2 Å². The van der Waals surface area contributed by atoms with E-state index in [1.54, 1.807) is 21.4 Å². The molecule has 2 aromatic carbocycles. The summed E-state index contributed by atoms with van der Waals surface area (Å²) in [4.78, 5) is 8.62. The number of benzene rings is 2. The highest BCUT2D eigenvalue weighted by atomic mass is 79.9. The van der Waals surface area contributed by atoms with Crippen molar-refractivity contribution in [3.8, 4) is 22.3 Å². The summed E-state index contributed by atoms with van der Waals surface area (Å²) in [5.74, 6) is 0.474. The summed E-state index contributed by atoms with van der Waals surface area (Å²) < 4.78 is 4.64. The van der Waals surface area contributed by atoms with Crippen LogP contribution in [0.4, 0.5) is 5.82 Å². The number of hydrogen-bond donors (Lipinski definition) is 1. The Kier molecular flexibility index (Phi) is 7.18. The smallest absolute Gasteiger partial charge is 0.173 e. The minimum Gasteiger partial charge on any atom is -0.383 e. The molecular formula is C24H14Br2Cl3N7. The van der Waals surface area contributed by atoms with Crippen molar-refractivity contribution in [1.29, 1.82) is 0 Å². The molecule has 4 heterocycles. The van der Waals surface area contributed by atoms with Gasteiger partial charge in [0.05, 0.1) is 32.5 Å². The third-order valence-corrected chi connectivity index (χ3v) is 7.24. The second kappa shape index (κ2) is 10.4. The predicted molar refractivity (Wildman–Crippen MR) is 152 cm³/mol. The minimum atomic E-state index is 0.361. The van der Waals surface area contributed by atoms with E-state index in [0.717, 1.165) is 20.1 Å². The maximum atomic E-state index is 6.35. The third kappa shape index (κ3) is 4.57. The van der Waals surface area contributed by atoms with Crippen LogP contribution in [0.3, 0.4) is 0 Å². The number of fused-ring (bicyclic) bond motifs is 2. The standard InChI is InChI=1S/C12H6BrCl2N3.C12H8BrClN4/c2*13-8-6-16-18-11(15)9(10(14)17-12(8)18)7-4-2-1-3-5-7/h1-6H;1-6H,15H2. The van der Waals surface area contributed by atoms with E-state index < -0.39 is 0 Å². The van der Waals surface area contributed by atoms with Crippen molar-refractivity contribution in [2.75, 3.05) is 5.73 Å². The fourth-order valence-corrected chi connectivity index (χ4v) is 5.21. The van der Waals surface area contributed by atoms with Crippen LogP contribution in [0.1, 0.15) is 0 Å². The van der Waals surface area contributed by atoms with E-state index in [1.165, 1.54) is 0 Å². The van der Waals surface area contributed by atoms with E-state index in [4.69, 9.17) is 40.5 Å². The summed E-state index contributed by atoms with van der Waals surface area (Å²) in [6.45, 7) is 0. The lowest BCUT2D eigenvalue weighted by Crippen LogP contribution is -2.03. The Morgan fingerprint density at radius 2 is 1.08 bits per heavy atom. The zero-order valence-corrected chi connectivity index (χ0v) is 23.5. The molecule has 12 heteroatoms. The Morgan fingerprint density at radius 1 is 0.639 bits per heavy atom. The monoisotopic (exact) mass is 663 g/mol. The van der Waals surface area contributed by atoms with E-state index in [2.05, 4.69) is 52.0 Å². The largest absolute Gasteiger partial charge is 0.383 e. The van der Waals surface area contributed by atoms with Crippen LogP contribution < -0.4 is 5.73 Å². The topological polar surface area (TPSA) is 86.4 Å². The highest BCUT2D eigenvalue weighted by molar-refractivity contribution is 9.11. The lowest BCUT2D eigenvalue weighted by molar-refractivity contribution is 0.942. The fourth-order valence-electron chi connectivity index (χ4n) is 3.58. The molecule has 0 aliphatic heterocycles. The number of halogens is 5. The molecule has 0 atom stereocenters. The van der Waals surface area contributed by atoms with Gasteiger partial charge in [0.25, 0.3) is 0 Å². The van der Waals surface area contributed by atoms with Gasteiger partial charge in [-0.05, 0) is 43.0 Å². The van der Waals surface area contributed by atoms with Crippen LogP contribution in [0.2, 0.25) is 15.5 Å². The summed E-state index contributed by atoms with van der Waals surface area (Å²) in [6.07, 6.45) is 3.28. The van der Waals surface area contributed by atoms with E-state index in [1.807, 2.05) is 60.7 Å². The molecule has 0 bridgehead atoms. The first kappa shape index (κ1) is 25.0. The number of nitrogens with two attached hydrogens (primary N) is 1. The van der Waals surface area contributed by atoms with Gasteiger partial charge in [0, 0.05) is 0 Å². The van der Waals surface area contributed by atoms with Crippen LogP contribution in [-0.2, 0) is 0 Å². The van der Waals surface area contributed by atoms with Gasteiger partial charge < -0.3 is 5.73 Å². The van der Waals surface area contributed by atoms with Crippen LogP contribution in [0, 0.1) is 0 Å². The highest BCUT2D eigenvalue weighted by Gasteiger charge is 2.17. The summed E-state index contributed by atoms with van der Waals surface area (Å²) in [5.41, 5.74) is 10.5.